The molecule has 1 amide bonds. The number of nitrogens with two attached hydrogens (primary N) is 1. The van der Waals surface area contributed by atoms with E-state index in [2.05, 4.69) is 24.1 Å². The highest BCUT2D eigenvalue weighted by atomic mass is 32.1. The number of nitrogens with zero attached hydrogens (tertiary/aromatic N) is 1. The van der Waals surface area contributed by atoms with E-state index in [-0.39, 0.29) is 11.3 Å². The fourth-order valence-corrected chi connectivity index (χ4v) is 2.03. The van der Waals surface area contributed by atoms with Crippen molar-refractivity contribution < 1.29 is 4.79 Å². The lowest BCUT2D eigenvalue weighted by Gasteiger charge is -2.25. The fourth-order valence-electron chi connectivity index (χ4n) is 1.93. The predicted octanol–water partition coefficient (Wildman–Crippen LogP) is 0.901. The summed E-state index contributed by atoms with van der Waals surface area (Å²) in [6.45, 7) is 7.40. The van der Waals surface area contributed by atoms with Crippen LogP contribution in [0.5, 0.6) is 0 Å². The molecule has 0 unspecified atom stereocenters. The highest BCUT2D eigenvalue weighted by Crippen LogP contribution is 2.22. The van der Waals surface area contributed by atoms with Gasteiger partial charge in [-0.3, -0.25) is 9.69 Å². The van der Waals surface area contributed by atoms with Crippen LogP contribution < -0.4 is 11.1 Å². The maximum Gasteiger partial charge on any atom is 0.234 e. The normalized spacial score (nSPS) is 18.6. The van der Waals surface area contributed by atoms with Gasteiger partial charge in [0.15, 0.2) is 0 Å². The van der Waals surface area contributed by atoms with Gasteiger partial charge in [0.25, 0.3) is 0 Å². The lowest BCUT2D eigenvalue weighted by Crippen LogP contribution is -2.35. The van der Waals surface area contributed by atoms with Crippen molar-refractivity contribution in [1.82, 2.24) is 10.2 Å². The van der Waals surface area contributed by atoms with Crippen LogP contribution in [0.2, 0.25) is 0 Å². The summed E-state index contributed by atoms with van der Waals surface area (Å²) in [5.41, 5.74) is 5.61. The Hall–Kier alpha value is -0.680. The van der Waals surface area contributed by atoms with E-state index in [9.17, 15) is 4.79 Å². The van der Waals surface area contributed by atoms with Crippen LogP contribution in [0, 0.1) is 5.41 Å². The molecular formula is C12H23N3OS. The second kappa shape index (κ2) is 6.31. The van der Waals surface area contributed by atoms with Gasteiger partial charge in [-0.15, -0.1) is 0 Å². The molecule has 98 valence electrons. The largest absolute Gasteiger partial charge is 0.393 e. The third-order valence-electron chi connectivity index (χ3n) is 3.28. The molecule has 0 saturated carbocycles. The third kappa shape index (κ3) is 5.00. The van der Waals surface area contributed by atoms with Crippen LogP contribution in [0.25, 0.3) is 0 Å². The minimum absolute atomic E-state index is 0.0799. The first-order chi connectivity index (χ1) is 7.92. The first-order valence-electron chi connectivity index (χ1n) is 6.21. The zero-order chi connectivity index (χ0) is 12.9. The molecule has 0 aromatic rings. The number of thiocarbonyl (C=S) groups is 1. The quantitative estimate of drug-likeness (QED) is 0.719. The van der Waals surface area contributed by atoms with Crippen LogP contribution in [0.1, 0.15) is 33.1 Å². The summed E-state index contributed by atoms with van der Waals surface area (Å²) < 4.78 is 0. The van der Waals surface area contributed by atoms with Crippen LogP contribution in [-0.4, -0.2) is 42.0 Å². The molecule has 0 radical (unpaired) electrons. The van der Waals surface area contributed by atoms with Crippen molar-refractivity contribution in [3.8, 4) is 0 Å². The van der Waals surface area contributed by atoms with E-state index in [0.717, 1.165) is 38.9 Å². The summed E-state index contributed by atoms with van der Waals surface area (Å²) in [5, 5.41) is 2.88. The second-order valence-electron chi connectivity index (χ2n) is 5.33. The average Bonchev–Trinajstić information content (AvgIpc) is 2.42. The Morgan fingerprint density at radius 3 is 2.94 bits per heavy atom. The van der Waals surface area contributed by atoms with E-state index in [4.69, 9.17) is 18.0 Å². The van der Waals surface area contributed by atoms with Gasteiger partial charge < -0.3 is 11.1 Å². The Kier molecular flexibility index (Phi) is 5.33. The summed E-state index contributed by atoms with van der Waals surface area (Å²) in [6, 6.07) is 0. The van der Waals surface area contributed by atoms with Crippen molar-refractivity contribution in [2.45, 2.75) is 33.1 Å². The molecule has 1 aliphatic heterocycles. The van der Waals surface area contributed by atoms with Gasteiger partial charge in [-0.1, -0.05) is 26.1 Å². The molecule has 3 N–H and O–H groups in total. The SMILES string of the molecule is CC(C)(CCCN1CCCNC(=O)C1)C(N)=S. The van der Waals surface area contributed by atoms with Crippen molar-refractivity contribution in [3.05, 3.63) is 0 Å². The van der Waals surface area contributed by atoms with E-state index in [1.807, 2.05) is 0 Å². The minimum Gasteiger partial charge on any atom is -0.393 e. The van der Waals surface area contributed by atoms with Gasteiger partial charge in [0, 0.05) is 18.5 Å². The van der Waals surface area contributed by atoms with Gasteiger partial charge in [-0.2, -0.15) is 0 Å². The highest BCUT2D eigenvalue weighted by molar-refractivity contribution is 7.80. The number of nitrogens with one attached hydrogen (secondary N) is 1. The first kappa shape index (κ1) is 14.4. The van der Waals surface area contributed by atoms with Crippen molar-refractivity contribution >= 4 is 23.1 Å². The molecule has 17 heavy (non-hydrogen) atoms. The van der Waals surface area contributed by atoms with E-state index in [0.29, 0.717) is 11.5 Å². The molecule has 0 aromatic carbocycles. The molecule has 1 fully saturated rings. The van der Waals surface area contributed by atoms with Crippen LogP contribution >= 0.6 is 12.2 Å². The molecule has 0 aromatic heterocycles. The van der Waals surface area contributed by atoms with Crippen molar-refractivity contribution in [2.24, 2.45) is 11.1 Å². The number of carbonyl (C=O) groups is 1. The third-order valence-corrected chi connectivity index (χ3v) is 3.84. The Morgan fingerprint density at radius 1 is 1.59 bits per heavy atom. The molecule has 5 heteroatoms. The van der Waals surface area contributed by atoms with E-state index >= 15 is 0 Å². The summed E-state index contributed by atoms with van der Waals surface area (Å²) in [6.07, 6.45) is 3.03. The van der Waals surface area contributed by atoms with Gasteiger partial charge >= 0.3 is 0 Å². The van der Waals surface area contributed by atoms with Gasteiger partial charge in [0.1, 0.15) is 0 Å². The number of rotatable bonds is 5. The number of carbonyl (C=O) groups excluding carboxylic acids is 1. The number of hydrogen-bond donors (Lipinski definition) is 2. The topological polar surface area (TPSA) is 58.4 Å². The molecule has 0 bridgehead atoms. The van der Waals surface area contributed by atoms with Gasteiger partial charge in [0.2, 0.25) is 5.91 Å². The average molecular weight is 257 g/mol. The van der Waals surface area contributed by atoms with Gasteiger partial charge in [-0.05, 0) is 25.8 Å². The Labute approximate surface area is 109 Å². The second-order valence-corrected chi connectivity index (χ2v) is 5.77. The number of hydrogen-bond acceptors (Lipinski definition) is 3. The molecule has 1 heterocycles. The molecule has 0 spiro atoms. The molecule has 4 nitrogen and oxygen atoms in total. The lowest BCUT2D eigenvalue weighted by molar-refractivity contribution is -0.121. The molecule has 0 aliphatic carbocycles. The summed E-state index contributed by atoms with van der Waals surface area (Å²) in [4.78, 5) is 14.1. The van der Waals surface area contributed by atoms with E-state index in [1.165, 1.54) is 0 Å². The molecule has 1 rings (SSSR count). The highest BCUT2D eigenvalue weighted by Gasteiger charge is 2.21. The van der Waals surface area contributed by atoms with E-state index < -0.39 is 0 Å². The Balaban J connectivity index is 2.30. The summed E-state index contributed by atoms with van der Waals surface area (Å²) in [7, 11) is 0. The molecule has 1 aliphatic rings. The van der Waals surface area contributed by atoms with Crippen molar-refractivity contribution in [3.63, 3.8) is 0 Å². The Morgan fingerprint density at radius 2 is 2.29 bits per heavy atom. The zero-order valence-corrected chi connectivity index (χ0v) is 11.6. The van der Waals surface area contributed by atoms with Gasteiger partial charge in [-0.25, -0.2) is 0 Å². The predicted molar refractivity (Wildman–Crippen MR) is 73.9 cm³/mol. The van der Waals surface area contributed by atoms with Crippen LogP contribution in [-0.2, 0) is 4.79 Å². The number of amides is 1. The smallest absolute Gasteiger partial charge is 0.234 e. The van der Waals surface area contributed by atoms with Crippen molar-refractivity contribution in [1.29, 1.82) is 0 Å². The minimum atomic E-state index is -0.0799. The van der Waals surface area contributed by atoms with E-state index in [1.54, 1.807) is 0 Å². The fraction of sp³-hybridized carbons (Fsp3) is 0.833. The van der Waals surface area contributed by atoms with Crippen LogP contribution in [0.3, 0.4) is 0 Å². The summed E-state index contributed by atoms with van der Waals surface area (Å²) in [5.74, 6) is 0.135. The molecule has 0 atom stereocenters. The zero-order valence-electron chi connectivity index (χ0n) is 10.8. The maximum absolute atomic E-state index is 11.4. The lowest BCUT2D eigenvalue weighted by atomic mass is 9.88. The maximum atomic E-state index is 11.4. The molecular weight excluding hydrogens is 234 g/mol. The monoisotopic (exact) mass is 257 g/mol. The molecule has 1 saturated heterocycles. The van der Waals surface area contributed by atoms with Crippen molar-refractivity contribution in [2.75, 3.05) is 26.2 Å². The standard InChI is InChI=1S/C12H23N3OS/c1-12(2,11(13)17)5-3-7-15-8-4-6-14-10(16)9-15/h3-9H2,1-2H3,(H2,13,17)(H,14,16). The first-order valence-corrected chi connectivity index (χ1v) is 6.61. The van der Waals surface area contributed by atoms with Crippen LogP contribution in [0.15, 0.2) is 0 Å². The summed E-state index contributed by atoms with van der Waals surface area (Å²) >= 11 is 5.04. The van der Waals surface area contributed by atoms with Gasteiger partial charge in [0.05, 0.1) is 11.5 Å². The van der Waals surface area contributed by atoms with Crippen LogP contribution in [0.4, 0.5) is 0 Å². The Bertz CT molecular complexity index is 291.